The fourth-order valence-corrected chi connectivity index (χ4v) is 3.53. The smallest absolute Gasteiger partial charge is 0.334 e. The summed E-state index contributed by atoms with van der Waals surface area (Å²) in [7, 11) is 1.68. The van der Waals surface area contributed by atoms with E-state index in [0.29, 0.717) is 5.58 Å². The van der Waals surface area contributed by atoms with E-state index in [0.717, 1.165) is 43.8 Å². The molecule has 3 aromatic carbocycles. The number of rotatable bonds is 4. The Labute approximate surface area is 169 Å². The molecule has 4 nitrogen and oxygen atoms in total. The van der Waals surface area contributed by atoms with E-state index < -0.39 is 11.2 Å². The summed E-state index contributed by atoms with van der Waals surface area (Å²) in [5.74, 6) is 0. The maximum atomic E-state index is 10.4. The Hall–Kier alpha value is -2.76. The summed E-state index contributed by atoms with van der Waals surface area (Å²) in [6.45, 7) is 7.21. The third kappa shape index (κ3) is 2.76. The molecule has 0 fully saturated rings. The molecule has 1 N–H and O–H groups in total. The van der Waals surface area contributed by atoms with Crippen LogP contribution in [-0.4, -0.2) is 23.8 Å². The Bertz CT molecular complexity index is 1370. The van der Waals surface area contributed by atoms with Gasteiger partial charge in [0.2, 0.25) is 0 Å². The van der Waals surface area contributed by atoms with Gasteiger partial charge in [-0.05, 0) is 45.3 Å². The molecular weight excluding hydrogens is 363 g/mol. The van der Waals surface area contributed by atoms with Gasteiger partial charge in [0, 0.05) is 16.2 Å². The summed E-state index contributed by atoms with van der Waals surface area (Å²) in [5, 5.41) is 14.4. The Morgan fingerprint density at radius 1 is 0.793 bits per heavy atom. The second kappa shape index (κ2) is 6.12. The van der Waals surface area contributed by atoms with E-state index in [-0.39, 0.29) is 0 Å². The number of hydrogen-bond donors (Lipinski definition) is 1. The third-order valence-electron chi connectivity index (χ3n) is 5.97. The highest BCUT2D eigenvalue weighted by Crippen LogP contribution is 2.38. The molecule has 0 saturated heterocycles. The Morgan fingerprint density at radius 2 is 1.38 bits per heavy atom. The first-order valence-corrected chi connectivity index (χ1v) is 9.75. The molecule has 1 radical (unpaired) electrons. The molecule has 5 aromatic rings. The Kier molecular flexibility index (Phi) is 3.86. The van der Waals surface area contributed by atoms with Crippen molar-refractivity contribution >= 4 is 56.8 Å². The van der Waals surface area contributed by atoms with E-state index in [1.54, 1.807) is 21.3 Å². The van der Waals surface area contributed by atoms with Crippen LogP contribution in [0.5, 0.6) is 0 Å². The number of aliphatic hydroxyl groups is 1. The van der Waals surface area contributed by atoms with Crippen molar-refractivity contribution in [1.82, 2.24) is 0 Å². The van der Waals surface area contributed by atoms with Crippen molar-refractivity contribution in [3.05, 3.63) is 54.6 Å². The fraction of sp³-hybridized carbons (Fsp3) is 0.250. The maximum Gasteiger partial charge on any atom is 0.334 e. The van der Waals surface area contributed by atoms with Crippen LogP contribution in [0.25, 0.3) is 43.9 Å². The van der Waals surface area contributed by atoms with Crippen LogP contribution in [0.4, 0.5) is 0 Å². The van der Waals surface area contributed by atoms with Crippen molar-refractivity contribution in [2.75, 3.05) is 0 Å². The van der Waals surface area contributed by atoms with Crippen LogP contribution in [-0.2, 0) is 4.65 Å². The third-order valence-corrected chi connectivity index (χ3v) is 5.97. The van der Waals surface area contributed by atoms with Gasteiger partial charge >= 0.3 is 7.48 Å². The number of benzene rings is 3. The van der Waals surface area contributed by atoms with E-state index >= 15 is 0 Å². The lowest BCUT2D eigenvalue weighted by Crippen LogP contribution is -2.49. The summed E-state index contributed by atoms with van der Waals surface area (Å²) in [6, 6.07) is 18.0. The Balaban J connectivity index is 1.79. The summed E-state index contributed by atoms with van der Waals surface area (Å²) < 4.78 is 18.5. The van der Waals surface area contributed by atoms with Gasteiger partial charge in [-0.1, -0.05) is 42.5 Å². The lowest BCUT2D eigenvalue weighted by Gasteiger charge is -2.37. The van der Waals surface area contributed by atoms with Gasteiger partial charge in [0.1, 0.15) is 22.3 Å². The zero-order valence-electron chi connectivity index (χ0n) is 16.9. The molecule has 0 unspecified atom stereocenters. The number of fused-ring (bicyclic) bond motifs is 7. The van der Waals surface area contributed by atoms with Crippen molar-refractivity contribution in [2.45, 2.75) is 38.9 Å². The normalized spacial score (nSPS) is 13.1. The van der Waals surface area contributed by atoms with Crippen LogP contribution >= 0.6 is 0 Å². The SMILES string of the molecule is CC(C)(O)C(C)(C)O[B]c1cc2c3ccccc3oc2c2c1oc1ccccc12. The van der Waals surface area contributed by atoms with E-state index in [2.05, 4.69) is 6.07 Å². The first-order chi connectivity index (χ1) is 13.8. The molecule has 5 heteroatoms. The van der Waals surface area contributed by atoms with Crippen LogP contribution in [0.2, 0.25) is 0 Å². The molecule has 145 valence electrons. The van der Waals surface area contributed by atoms with E-state index in [9.17, 15) is 5.11 Å². The highest BCUT2D eigenvalue weighted by Gasteiger charge is 2.36. The second-order valence-electron chi connectivity index (χ2n) is 8.55. The molecule has 0 aliphatic heterocycles. The summed E-state index contributed by atoms with van der Waals surface area (Å²) >= 11 is 0. The van der Waals surface area contributed by atoms with Gasteiger partial charge in [0.05, 0.1) is 16.6 Å². The van der Waals surface area contributed by atoms with Crippen LogP contribution in [0, 0.1) is 0 Å². The first-order valence-electron chi connectivity index (χ1n) is 9.75. The summed E-state index contributed by atoms with van der Waals surface area (Å²) in [4.78, 5) is 0. The minimum absolute atomic E-state index is 0.712. The average Bonchev–Trinajstić information content (AvgIpc) is 3.23. The van der Waals surface area contributed by atoms with Gasteiger partial charge < -0.3 is 18.6 Å². The molecule has 5 rings (SSSR count). The topological polar surface area (TPSA) is 55.7 Å². The molecule has 2 aromatic heterocycles. The van der Waals surface area contributed by atoms with Gasteiger partial charge in [-0.3, -0.25) is 0 Å². The van der Waals surface area contributed by atoms with Crippen LogP contribution in [0.15, 0.2) is 63.4 Å². The van der Waals surface area contributed by atoms with Crippen molar-refractivity contribution in [1.29, 1.82) is 0 Å². The largest absolute Gasteiger partial charge is 0.456 e. The quantitative estimate of drug-likeness (QED) is 0.427. The number of furan rings is 2. The molecule has 0 aliphatic carbocycles. The zero-order valence-corrected chi connectivity index (χ0v) is 16.9. The van der Waals surface area contributed by atoms with Crippen LogP contribution < -0.4 is 5.46 Å². The van der Waals surface area contributed by atoms with Crippen LogP contribution in [0.1, 0.15) is 27.7 Å². The average molecular weight is 385 g/mol. The van der Waals surface area contributed by atoms with Gasteiger partial charge in [-0.25, -0.2) is 0 Å². The highest BCUT2D eigenvalue weighted by molar-refractivity contribution is 6.53. The fourth-order valence-electron chi connectivity index (χ4n) is 3.53. The minimum Gasteiger partial charge on any atom is -0.456 e. The summed E-state index contributed by atoms with van der Waals surface area (Å²) in [6.07, 6.45) is 0. The molecule has 0 atom stereocenters. The molecule has 2 heterocycles. The summed E-state index contributed by atoms with van der Waals surface area (Å²) in [5.41, 5.74) is 2.18. The first kappa shape index (κ1) is 18.3. The maximum absolute atomic E-state index is 10.4. The van der Waals surface area contributed by atoms with Crippen molar-refractivity contribution in [3.8, 4) is 0 Å². The standard InChI is InChI=1S/C24H22BO4/c1-23(2,26)24(3,4)29-25-17-13-16-14-9-5-7-11-18(14)27-21(16)20-15-10-6-8-12-19(15)28-22(17)20/h5-13,26H,1-4H3. The van der Waals surface area contributed by atoms with Crippen molar-refractivity contribution in [2.24, 2.45) is 0 Å². The molecule has 0 bridgehead atoms. The molecule has 29 heavy (non-hydrogen) atoms. The molecule has 0 amide bonds. The molecule has 0 spiro atoms. The van der Waals surface area contributed by atoms with Crippen molar-refractivity contribution in [3.63, 3.8) is 0 Å². The van der Waals surface area contributed by atoms with Gasteiger partial charge in [0.15, 0.2) is 0 Å². The lowest BCUT2D eigenvalue weighted by atomic mass is 9.81. The van der Waals surface area contributed by atoms with Crippen molar-refractivity contribution < 1.29 is 18.6 Å². The highest BCUT2D eigenvalue weighted by atomic mass is 16.5. The molecule has 0 saturated carbocycles. The predicted molar refractivity (Wildman–Crippen MR) is 118 cm³/mol. The molecular formula is C24H22BO4. The van der Waals surface area contributed by atoms with E-state index in [1.165, 1.54) is 0 Å². The van der Waals surface area contributed by atoms with Gasteiger partial charge in [-0.15, -0.1) is 0 Å². The lowest BCUT2D eigenvalue weighted by molar-refractivity contribution is -0.0893. The van der Waals surface area contributed by atoms with Gasteiger partial charge in [-0.2, -0.15) is 0 Å². The molecule has 0 aliphatic rings. The monoisotopic (exact) mass is 385 g/mol. The Morgan fingerprint density at radius 3 is 2.07 bits per heavy atom. The van der Waals surface area contributed by atoms with Gasteiger partial charge in [0.25, 0.3) is 0 Å². The van der Waals surface area contributed by atoms with Crippen LogP contribution in [0.3, 0.4) is 0 Å². The minimum atomic E-state index is -1.01. The van der Waals surface area contributed by atoms with E-state index in [1.807, 2.05) is 62.4 Å². The number of hydrogen-bond acceptors (Lipinski definition) is 4. The zero-order chi connectivity index (χ0) is 20.4. The van der Waals surface area contributed by atoms with E-state index in [4.69, 9.17) is 13.5 Å². The number of para-hydroxylation sites is 2. The predicted octanol–water partition coefficient (Wildman–Crippen LogP) is 5.30. The second-order valence-corrected chi connectivity index (χ2v) is 8.55.